The van der Waals surface area contributed by atoms with Crippen LogP contribution in [0.5, 0.6) is 0 Å². The van der Waals surface area contributed by atoms with Gasteiger partial charge in [0, 0.05) is 11.4 Å². The summed E-state index contributed by atoms with van der Waals surface area (Å²) in [6.45, 7) is 7.93. The number of hydrogen-bond donors (Lipinski definition) is 3. The largest absolute Gasteiger partial charge is 0.368 e. The van der Waals surface area contributed by atoms with Gasteiger partial charge in [0.25, 0.3) is 0 Å². The third-order valence-electron chi connectivity index (χ3n) is 4.90. The molecule has 1 unspecified atom stereocenters. The normalized spacial score (nSPS) is 11.7. The van der Waals surface area contributed by atoms with E-state index in [0.29, 0.717) is 17.5 Å². The Morgan fingerprint density at radius 3 is 2.48 bits per heavy atom. The molecule has 162 valence electrons. The number of para-hydroxylation sites is 2. The number of hydrogen-bond acceptors (Lipinski definition) is 7. The molecule has 0 saturated heterocycles. The van der Waals surface area contributed by atoms with E-state index in [9.17, 15) is 4.79 Å². The van der Waals surface area contributed by atoms with E-state index in [2.05, 4.69) is 38.6 Å². The van der Waals surface area contributed by atoms with Gasteiger partial charge >= 0.3 is 0 Å². The maximum Gasteiger partial charge on any atom is 0.237 e. The van der Waals surface area contributed by atoms with E-state index < -0.39 is 0 Å². The second-order valence-electron chi connectivity index (χ2n) is 7.28. The number of aromatic nitrogens is 3. The van der Waals surface area contributed by atoms with Crippen LogP contribution in [0.3, 0.4) is 0 Å². The van der Waals surface area contributed by atoms with Crippen molar-refractivity contribution in [3.05, 3.63) is 65.0 Å². The summed E-state index contributed by atoms with van der Waals surface area (Å²) in [5.74, 6) is 1.46. The zero-order valence-electron chi connectivity index (χ0n) is 18.3. The SMILES string of the molecule is CCc1ccccc1Nc1nc(N)nc(CSC(C)C(=O)Nc2c(C)cccc2C)n1. The van der Waals surface area contributed by atoms with Crippen LogP contribution >= 0.6 is 11.8 Å². The van der Waals surface area contributed by atoms with E-state index in [4.69, 9.17) is 5.73 Å². The first kappa shape index (κ1) is 22.6. The van der Waals surface area contributed by atoms with E-state index in [1.807, 2.05) is 57.2 Å². The van der Waals surface area contributed by atoms with Crippen LogP contribution in [-0.2, 0) is 17.0 Å². The summed E-state index contributed by atoms with van der Waals surface area (Å²) in [5, 5.41) is 5.98. The van der Waals surface area contributed by atoms with Gasteiger partial charge < -0.3 is 16.4 Å². The van der Waals surface area contributed by atoms with Gasteiger partial charge in [0.15, 0.2) is 0 Å². The molecule has 8 heteroatoms. The van der Waals surface area contributed by atoms with Gasteiger partial charge in [0.1, 0.15) is 5.82 Å². The number of aryl methyl sites for hydroxylation is 3. The van der Waals surface area contributed by atoms with Crippen molar-refractivity contribution in [2.45, 2.75) is 45.1 Å². The highest BCUT2D eigenvalue weighted by molar-refractivity contribution is 7.99. The first-order valence-corrected chi connectivity index (χ1v) is 11.3. The molecule has 0 aliphatic heterocycles. The fourth-order valence-corrected chi connectivity index (χ4v) is 3.88. The number of carbonyl (C=O) groups excluding carboxylic acids is 1. The quantitative estimate of drug-likeness (QED) is 0.472. The van der Waals surface area contributed by atoms with Crippen molar-refractivity contribution in [1.29, 1.82) is 0 Å². The van der Waals surface area contributed by atoms with Crippen LogP contribution in [0.4, 0.5) is 23.3 Å². The average Bonchev–Trinajstić information content (AvgIpc) is 2.74. The summed E-state index contributed by atoms with van der Waals surface area (Å²) in [4.78, 5) is 25.6. The lowest BCUT2D eigenvalue weighted by Gasteiger charge is -2.15. The lowest BCUT2D eigenvalue weighted by atomic mass is 10.1. The van der Waals surface area contributed by atoms with Crippen LogP contribution in [0.2, 0.25) is 0 Å². The van der Waals surface area contributed by atoms with E-state index in [1.165, 1.54) is 11.8 Å². The Labute approximate surface area is 187 Å². The molecule has 1 aromatic heterocycles. The second-order valence-corrected chi connectivity index (χ2v) is 8.61. The minimum absolute atomic E-state index is 0.0559. The molecule has 31 heavy (non-hydrogen) atoms. The molecule has 1 amide bonds. The molecule has 1 heterocycles. The van der Waals surface area contributed by atoms with Crippen molar-refractivity contribution in [2.24, 2.45) is 0 Å². The highest BCUT2D eigenvalue weighted by Gasteiger charge is 2.17. The van der Waals surface area contributed by atoms with Crippen molar-refractivity contribution in [2.75, 3.05) is 16.4 Å². The first-order chi connectivity index (χ1) is 14.9. The molecule has 3 aromatic rings. The predicted molar refractivity (Wildman–Crippen MR) is 129 cm³/mol. The lowest BCUT2D eigenvalue weighted by molar-refractivity contribution is -0.115. The van der Waals surface area contributed by atoms with Crippen LogP contribution in [0.25, 0.3) is 0 Å². The van der Waals surface area contributed by atoms with Crippen molar-refractivity contribution in [1.82, 2.24) is 15.0 Å². The minimum Gasteiger partial charge on any atom is -0.368 e. The number of anilines is 4. The zero-order valence-corrected chi connectivity index (χ0v) is 19.1. The summed E-state index contributed by atoms with van der Waals surface area (Å²) in [5.41, 5.74) is 10.9. The topological polar surface area (TPSA) is 106 Å². The standard InChI is InChI=1S/C23H28N6OS/c1-5-17-11-6-7-12-18(17)25-23-27-19(26-22(24)29-23)13-31-16(4)21(30)28-20-14(2)9-8-10-15(20)3/h6-12,16H,5,13H2,1-4H3,(H,28,30)(H3,24,25,26,27,29). The predicted octanol–water partition coefficient (Wildman–Crippen LogP) is 4.64. The highest BCUT2D eigenvalue weighted by atomic mass is 32.2. The van der Waals surface area contributed by atoms with Gasteiger partial charge in [0.05, 0.1) is 11.0 Å². The van der Waals surface area contributed by atoms with E-state index in [-0.39, 0.29) is 17.1 Å². The van der Waals surface area contributed by atoms with Gasteiger partial charge in [0.2, 0.25) is 17.8 Å². The van der Waals surface area contributed by atoms with Crippen molar-refractivity contribution < 1.29 is 4.79 Å². The Balaban J connectivity index is 1.65. The summed E-state index contributed by atoms with van der Waals surface area (Å²) in [7, 11) is 0. The van der Waals surface area contributed by atoms with Crippen molar-refractivity contribution in [3.8, 4) is 0 Å². The third kappa shape index (κ3) is 5.95. The second kappa shape index (κ2) is 10.3. The molecule has 0 saturated carbocycles. The maximum atomic E-state index is 12.7. The van der Waals surface area contributed by atoms with Gasteiger partial charge in [-0.05, 0) is 49.9 Å². The smallest absolute Gasteiger partial charge is 0.237 e. The van der Waals surface area contributed by atoms with E-state index in [1.54, 1.807) is 0 Å². The molecular formula is C23H28N6OS. The Morgan fingerprint density at radius 2 is 1.77 bits per heavy atom. The van der Waals surface area contributed by atoms with E-state index in [0.717, 1.165) is 34.5 Å². The lowest BCUT2D eigenvalue weighted by Crippen LogP contribution is -2.23. The van der Waals surface area contributed by atoms with Crippen LogP contribution in [0.15, 0.2) is 42.5 Å². The number of amides is 1. The third-order valence-corrected chi connectivity index (χ3v) is 6.04. The molecule has 1 atom stereocenters. The number of thioether (sulfide) groups is 1. The average molecular weight is 437 g/mol. The number of benzene rings is 2. The number of nitrogens with two attached hydrogens (primary N) is 1. The van der Waals surface area contributed by atoms with Gasteiger partial charge in [-0.3, -0.25) is 4.79 Å². The molecule has 0 aliphatic carbocycles. The van der Waals surface area contributed by atoms with Gasteiger partial charge in [-0.1, -0.05) is 43.3 Å². The molecule has 3 rings (SSSR count). The van der Waals surface area contributed by atoms with Crippen LogP contribution < -0.4 is 16.4 Å². The molecular weight excluding hydrogens is 408 g/mol. The molecule has 2 aromatic carbocycles. The number of nitrogens with zero attached hydrogens (tertiary/aromatic N) is 3. The number of rotatable bonds is 8. The summed E-state index contributed by atoms with van der Waals surface area (Å²) < 4.78 is 0. The first-order valence-electron chi connectivity index (χ1n) is 10.2. The molecule has 0 bridgehead atoms. The molecule has 0 radical (unpaired) electrons. The van der Waals surface area contributed by atoms with Gasteiger partial charge in [-0.2, -0.15) is 15.0 Å². The Hall–Kier alpha value is -3.13. The molecule has 0 fully saturated rings. The van der Waals surface area contributed by atoms with Crippen LogP contribution in [-0.4, -0.2) is 26.1 Å². The minimum atomic E-state index is -0.283. The fraction of sp³-hybridized carbons (Fsp3) is 0.304. The molecule has 7 nitrogen and oxygen atoms in total. The van der Waals surface area contributed by atoms with Crippen LogP contribution in [0.1, 0.15) is 36.4 Å². The molecule has 0 spiro atoms. The number of nitrogen functional groups attached to an aromatic ring is 1. The summed E-state index contributed by atoms with van der Waals surface area (Å²) in [6, 6.07) is 13.9. The zero-order chi connectivity index (χ0) is 22.4. The Morgan fingerprint density at radius 1 is 1.06 bits per heavy atom. The monoisotopic (exact) mass is 436 g/mol. The summed E-state index contributed by atoms with van der Waals surface area (Å²) >= 11 is 1.45. The van der Waals surface area contributed by atoms with Crippen LogP contribution in [0, 0.1) is 13.8 Å². The van der Waals surface area contributed by atoms with Gasteiger partial charge in [-0.15, -0.1) is 11.8 Å². The maximum absolute atomic E-state index is 12.7. The number of carbonyl (C=O) groups is 1. The highest BCUT2D eigenvalue weighted by Crippen LogP contribution is 2.24. The summed E-state index contributed by atoms with van der Waals surface area (Å²) in [6.07, 6.45) is 0.888. The number of nitrogens with one attached hydrogen (secondary N) is 2. The molecule has 0 aliphatic rings. The van der Waals surface area contributed by atoms with Crippen molar-refractivity contribution >= 4 is 40.9 Å². The Bertz CT molecular complexity index is 1050. The molecule has 4 N–H and O–H groups in total. The van der Waals surface area contributed by atoms with Gasteiger partial charge in [-0.25, -0.2) is 0 Å². The fourth-order valence-electron chi connectivity index (χ4n) is 3.14. The van der Waals surface area contributed by atoms with E-state index >= 15 is 0 Å². The van der Waals surface area contributed by atoms with Crippen molar-refractivity contribution in [3.63, 3.8) is 0 Å². The Kier molecular flexibility index (Phi) is 7.46.